The van der Waals surface area contributed by atoms with E-state index in [-0.39, 0.29) is 27.6 Å². The van der Waals surface area contributed by atoms with Crippen molar-refractivity contribution < 1.29 is 23.1 Å². The van der Waals surface area contributed by atoms with Gasteiger partial charge in [0, 0.05) is 30.4 Å². The van der Waals surface area contributed by atoms with E-state index in [9.17, 15) is 33.4 Å². The Bertz CT molecular complexity index is 1180. The molecule has 1 heterocycles. The monoisotopic (exact) mass is 462 g/mol. The number of hydrogen-bond acceptors (Lipinski definition) is 7. The molecule has 170 valence electrons. The number of amides is 1. The summed E-state index contributed by atoms with van der Waals surface area (Å²) in [5.74, 6) is -0.505. The van der Waals surface area contributed by atoms with Crippen LogP contribution in [0, 0.1) is 33.1 Å². The van der Waals surface area contributed by atoms with Gasteiger partial charge in [-0.25, -0.2) is 8.42 Å². The molecule has 0 radical (unpaired) electrons. The zero-order valence-corrected chi connectivity index (χ0v) is 18.3. The summed E-state index contributed by atoms with van der Waals surface area (Å²) in [4.78, 5) is 33.4. The highest BCUT2D eigenvalue weighted by Gasteiger charge is 2.29. The molecule has 0 bridgehead atoms. The van der Waals surface area contributed by atoms with Crippen LogP contribution < -0.4 is 5.32 Å². The second-order valence-corrected chi connectivity index (χ2v) is 9.68. The van der Waals surface area contributed by atoms with Crippen molar-refractivity contribution in [3.63, 3.8) is 0 Å². The minimum absolute atomic E-state index is 0.0171. The van der Waals surface area contributed by atoms with Crippen LogP contribution in [0.5, 0.6) is 0 Å². The van der Waals surface area contributed by atoms with E-state index >= 15 is 0 Å². The van der Waals surface area contributed by atoms with Gasteiger partial charge in [-0.3, -0.25) is 25.0 Å². The Hall–Kier alpha value is -3.38. The van der Waals surface area contributed by atoms with Gasteiger partial charge in [-0.15, -0.1) is 0 Å². The van der Waals surface area contributed by atoms with Gasteiger partial charge in [0.2, 0.25) is 10.0 Å². The van der Waals surface area contributed by atoms with Gasteiger partial charge >= 0.3 is 0 Å². The number of carbonyl (C=O) groups excluding carboxylic acids is 1. The predicted molar refractivity (Wildman–Crippen MR) is 116 cm³/mol. The first-order valence-corrected chi connectivity index (χ1v) is 11.3. The van der Waals surface area contributed by atoms with E-state index in [2.05, 4.69) is 5.32 Å². The first kappa shape index (κ1) is 23.3. The molecule has 1 aliphatic rings. The molecule has 1 aliphatic heterocycles. The van der Waals surface area contributed by atoms with Crippen LogP contribution in [0.3, 0.4) is 0 Å². The maximum absolute atomic E-state index is 12.8. The van der Waals surface area contributed by atoms with Crippen molar-refractivity contribution in [1.29, 1.82) is 0 Å². The molecule has 2 aromatic carbocycles. The van der Waals surface area contributed by atoms with Crippen LogP contribution in [-0.4, -0.2) is 41.6 Å². The molecule has 1 saturated heterocycles. The highest BCUT2D eigenvalue weighted by molar-refractivity contribution is 7.89. The number of carbonyl (C=O) groups is 1. The minimum Gasteiger partial charge on any atom is -0.322 e. The number of nitro benzene ring substituents is 2. The van der Waals surface area contributed by atoms with Gasteiger partial charge in [0.25, 0.3) is 17.3 Å². The smallest absolute Gasteiger partial charge is 0.279 e. The summed E-state index contributed by atoms with van der Waals surface area (Å²) in [5, 5.41) is 24.8. The minimum atomic E-state index is -3.66. The van der Waals surface area contributed by atoms with Crippen LogP contribution in [-0.2, 0) is 10.0 Å². The Labute approximate surface area is 184 Å². The number of hydrogen-bond donors (Lipinski definition) is 1. The Morgan fingerprint density at radius 2 is 1.78 bits per heavy atom. The molecule has 2 aromatic rings. The Morgan fingerprint density at radius 1 is 1.12 bits per heavy atom. The zero-order chi connectivity index (χ0) is 23.6. The average Bonchev–Trinajstić information content (AvgIpc) is 2.73. The molecule has 1 unspecified atom stereocenters. The summed E-state index contributed by atoms with van der Waals surface area (Å²) in [7, 11) is -3.66. The summed E-state index contributed by atoms with van der Waals surface area (Å²) < 4.78 is 27.1. The van der Waals surface area contributed by atoms with Crippen LogP contribution in [0.1, 0.15) is 35.7 Å². The van der Waals surface area contributed by atoms with Crippen LogP contribution >= 0.6 is 0 Å². The van der Waals surface area contributed by atoms with Crippen molar-refractivity contribution in [3.8, 4) is 0 Å². The quantitative estimate of drug-likeness (QED) is 0.509. The van der Waals surface area contributed by atoms with E-state index < -0.39 is 37.2 Å². The average molecular weight is 462 g/mol. The third-order valence-corrected chi connectivity index (χ3v) is 7.27. The fourth-order valence-electron chi connectivity index (χ4n) is 3.64. The van der Waals surface area contributed by atoms with Crippen LogP contribution in [0.15, 0.2) is 41.3 Å². The van der Waals surface area contributed by atoms with Gasteiger partial charge in [-0.2, -0.15) is 4.31 Å². The van der Waals surface area contributed by atoms with E-state index in [4.69, 9.17) is 0 Å². The molecular weight excluding hydrogens is 440 g/mol. The molecule has 3 rings (SSSR count). The van der Waals surface area contributed by atoms with Gasteiger partial charge in [0.1, 0.15) is 0 Å². The van der Waals surface area contributed by atoms with E-state index in [1.807, 2.05) is 6.92 Å². The Balaban J connectivity index is 1.84. The lowest BCUT2D eigenvalue weighted by molar-refractivity contribution is -0.394. The van der Waals surface area contributed by atoms with Crippen LogP contribution in [0.4, 0.5) is 17.1 Å². The predicted octanol–water partition coefficient (Wildman–Crippen LogP) is 3.48. The number of non-ortho nitro benzene ring substituents is 1. The molecule has 32 heavy (non-hydrogen) atoms. The van der Waals surface area contributed by atoms with E-state index in [0.717, 1.165) is 25.0 Å². The van der Waals surface area contributed by atoms with Gasteiger partial charge in [-0.05, 0) is 49.9 Å². The number of rotatable bonds is 6. The second kappa shape index (κ2) is 9.01. The number of nitro groups is 2. The molecule has 1 amide bonds. The second-order valence-electron chi connectivity index (χ2n) is 7.74. The third kappa shape index (κ3) is 4.75. The Kier molecular flexibility index (Phi) is 6.55. The molecular formula is C20H22N4O7S. The van der Waals surface area contributed by atoms with Crippen molar-refractivity contribution in [2.75, 3.05) is 18.4 Å². The lowest BCUT2D eigenvalue weighted by Gasteiger charge is -2.30. The van der Waals surface area contributed by atoms with Crippen molar-refractivity contribution in [2.45, 2.75) is 31.6 Å². The third-order valence-electron chi connectivity index (χ3n) is 5.39. The molecule has 1 atom stereocenters. The number of piperidine rings is 1. The van der Waals surface area contributed by atoms with Crippen molar-refractivity contribution in [2.24, 2.45) is 5.92 Å². The number of anilines is 1. The highest BCUT2D eigenvalue weighted by Crippen LogP contribution is 2.29. The maximum atomic E-state index is 12.8. The molecule has 0 saturated carbocycles. The maximum Gasteiger partial charge on any atom is 0.279 e. The standard InChI is InChI=1S/C20H22N4O7S/c1-13-4-3-9-22(12-13)32(30,31)17-7-5-15(6-8-17)21-20(25)18-10-16(23(26)27)11-19(14(18)2)24(28)29/h5-8,10-11,13H,3-4,9,12H2,1-2H3,(H,21,25). The van der Waals surface area contributed by atoms with E-state index in [1.165, 1.54) is 35.5 Å². The van der Waals surface area contributed by atoms with Crippen molar-refractivity contribution in [3.05, 3.63) is 67.8 Å². The van der Waals surface area contributed by atoms with Gasteiger partial charge in [0.15, 0.2) is 0 Å². The number of nitrogens with one attached hydrogen (secondary N) is 1. The topological polar surface area (TPSA) is 153 Å². The van der Waals surface area contributed by atoms with Gasteiger partial charge < -0.3 is 5.32 Å². The van der Waals surface area contributed by atoms with Gasteiger partial charge in [-0.1, -0.05) is 6.92 Å². The molecule has 1 fully saturated rings. The van der Waals surface area contributed by atoms with Crippen molar-refractivity contribution >= 4 is 33.0 Å². The van der Waals surface area contributed by atoms with Crippen molar-refractivity contribution in [1.82, 2.24) is 4.31 Å². The SMILES string of the molecule is Cc1c(C(=O)Nc2ccc(S(=O)(=O)N3CCCC(C)C3)cc2)cc([N+](=O)[O-])cc1[N+](=O)[O-]. The first-order chi connectivity index (χ1) is 15.0. The lowest BCUT2D eigenvalue weighted by atomic mass is 10.0. The molecule has 12 heteroatoms. The summed E-state index contributed by atoms with van der Waals surface area (Å²) in [6.45, 7) is 4.23. The number of benzene rings is 2. The molecule has 0 aliphatic carbocycles. The van der Waals surface area contributed by atoms with E-state index in [0.29, 0.717) is 13.1 Å². The summed E-state index contributed by atoms with van der Waals surface area (Å²) in [6, 6.07) is 7.31. The fourth-order valence-corrected chi connectivity index (χ4v) is 5.24. The first-order valence-electron chi connectivity index (χ1n) is 9.85. The molecule has 11 nitrogen and oxygen atoms in total. The summed E-state index contributed by atoms with van der Waals surface area (Å²) >= 11 is 0. The van der Waals surface area contributed by atoms with Gasteiger partial charge in [0.05, 0.1) is 26.4 Å². The van der Waals surface area contributed by atoms with Crippen LogP contribution in [0.25, 0.3) is 0 Å². The summed E-state index contributed by atoms with van der Waals surface area (Å²) in [5.41, 5.74) is -1.11. The molecule has 0 aromatic heterocycles. The lowest BCUT2D eigenvalue weighted by Crippen LogP contribution is -2.39. The summed E-state index contributed by atoms with van der Waals surface area (Å²) in [6.07, 6.45) is 1.77. The fraction of sp³-hybridized carbons (Fsp3) is 0.350. The van der Waals surface area contributed by atoms with Crippen LogP contribution in [0.2, 0.25) is 0 Å². The molecule has 1 N–H and O–H groups in total. The van der Waals surface area contributed by atoms with E-state index in [1.54, 1.807) is 0 Å². The molecule has 0 spiro atoms. The zero-order valence-electron chi connectivity index (χ0n) is 17.5. The number of sulfonamides is 1. The normalized spacial score (nSPS) is 17.0. The highest BCUT2D eigenvalue weighted by atomic mass is 32.2. The largest absolute Gasteiger partial charge is 0.322 e. The number of nitrogens with zero attached hydrogens (tertiary/aromatic N) is 3. The Morgan fingerprint density at radius 3 is 2.34 bits per heavy atom.